The van der Waals surface area contributed by atoms with Crippen LogP contribution < -0.4 is 10.1 Å². The molecular weight excluding hydrogens is 314 g/mol. The highest BCUT2D eigenvalue weighted by Gasteiger charge is 2.24. The van der Waals surface area contributed by atoms with Crippen LogP contribution in [0.1, 0.15) is 13.3 Å². The Bertz CT molecular complexity index is 404. The average molecular weight is 332 g/mol. The molecule has 6 heteroatoms. The normalized spacial score (nSPS) is 11.2. The predicted octanol–water partition coefficient (Wildman–Crippen LogP) is 1.08. The fourth-order valence-corrected chi connectivity index (χ4v) is 1.58. The van der Waals surface area contributed by atoms with E-state index in [9.17, 15) is 4.79 Å². The van der Waals surface area contributed by atoms with Crippen LogP contribution in [0.25, 0.3) is 0 Å². The van der Waals surface area contributed by atoms with E-state index >= 15 is 0 Å². The van der Waals surface area contributed by atoms with Crippen molar-refractivity contribution in [2.45, 2.75) is 18.9 Å². The molecular formula is C13H18BrNO4. The molecule has 3 N–H and O–H groups in total. The van der Waals surface area contributed by atoms with Gasteiger partial charge in [0.25, 0.3) is 0 Å². The van der Waals surface area contributed by atoms with Gasteiger partial charge in [0.1, 0.15) is 5.75 Å². The lowest BCUT2D eigenvalue weighted by Crippen LogP contribution is -2.51. The standard InChI is InChI=1S/C13H18BrNO4/c1-13(8-16,9-17)15-12(18)6-7-19-11-4-2-10(14)3-5-11/h2-5,16-17H,6-9H2,1H3,(H,15,18). The first-order valence-electron chi connectivity index (χ1n) is 5.90. The molecule has 0 spiro atoms. The summed E-state index contributed by atoms with van der Waals surface area (Å²) in [5, 5.41) is 20.7. The highest BCUT2D eigenvalue weighted by atomic mass is 79.9. The highest BCUT2D eigenvalue weighted by molar-refractivity contribution is 9.10. The molecule has 0 unspecified atom stereocenters. The third kappa shape index (κ3) is 5.59. The summed E-state index contributed by atoms with van der Waals surface area (Å²) in [7, 11) is 0. The molecule has 0 saturated heterocycles. The first-order valence-corrected chi connectivity index (χ1v) is 6.69. The summed E-state index contributed by atoms with van der Waals surface area (Å²) in [4.78, 5) is 11.6. The number of aliphatic hydroxyl groups is 2. The lowest BCUT2D eigenvalue weighted by atomic mass is 10.1. The predicted molar refractivity (Wildman–Crippen MR) is 75.0 cm³/mol. The van der Waals surface area contributed by atoms with Gasteiger partial charge in [-0.15, -0.1) is 0 Å². The number of hydrogen-bond acceptors (Lipinski definition) is 4. The molecule has 1 amide bonds. The van der Waals surface area contributed by atoms with Crippen molar-refractivity contribution in [3.05, 3.63) is 28.7 Å². The number of aliphatic hydroxyl groups excluding tert-OH is 2. The lowest BCUT2D eigenvalue weighted by Gasteiger charge is -2.26. The maximum absolute atomic E-state index is 11.6. The zero-order chi connectivity index (χ0) is 14.3. The largest absolute Gasteiger partial charge is 0.493 e. The van der Waals surface area contributed by atoms with Crippen LogP contribution in [-0.2, 0) is 4.79 Å². The van der Waals surface area contributed by atoms with Crippen molar-refractivity contribution in [1.29, 1.82) is 0 Å². The maximum atomic E-state index is 11.6. The summed E-state index contributed by atoms with van der Waals surface area (Å²) in [5.74, 6) is 0.408. The van der Waals surface area contributed by atoms with E-state index in [-0.39, 0.29) is 32.1 Å². The summed E-state index contributed by atoms with van der Waals surface area (Å²) in [6.45, 7) is 1.17. The third-order valence-electron chi connectivity index (χ3n) is 2.55. The Labute approximate surface area is 120 Å². The Hall–Kier alpha value is -1.11. The Morgan fingerprint density at radius 2 is 1.89 bits per heavy atom. The smallest absolute Gasteiger partial charge is 0.224 e. The van der Waals surface area contributed by atoms with Gasteiger partial charge in [-0.1, -0.05) is 15.9 Å². The van der Waals surface area contributed by atoms with E-state index in [0.717, 1.165) is 4.47 Å². The molecule has 1 aromatic carbocycles. The van der Waals surface area contributed by atoms with E-state index < -0.39 is 5.54 Å². The molecule has 106 valence electrons. The molecule has 1 rings (SSSR count). The van der Waals surface area contributed by atoms with Crippen LogP contribution in [0.5, 0.6) is 5.75 Å². The second-order valence-corrected chi connectivity index (χ2v) is 5.39. The number of nitrogens with one attached hydrogen (secondary N) is 1. The van der Waals surface area contributed by atoms with Crippen molar-refractivity contribution in [3.8, 4) is 5.75 Å². The van der Waals surface area contributed by atoms with Crippen LogP contribution in [0.2, 0.25) is 0 Å². The Morgan fingerprint density at radius 3 is 2.42 bits per heavy atom. The minimum absolute atomic E-state index is 0.158. The van der Waals surface area contributed by atoms with E-state index in [1.165, 1.54) is 0 Å². The molecule has 0 saturated carbocycles. The highest BCUT2D eigenvalue weighted by Crippen LogP contribution is 2.16. The van der Waals surface area contributed by atoms with Crippen molar-refractivity contribution in [2.24, 2.45) is 0 Å². The number of amides is 1. The SMILES string of the molecule is CC(CO)(CO)NC(=O)CCOc1ccc(Br)cc1. The number of benzene rings is 1. The maximum Gasteiger partial charge on any atom is 0.224 e. The molecule has 19 heavy (non-hydrogen) atoms. The van der Waals surface area contributed by atoms with Gasteiger partial charge in [0.15, 0.2) is 0 Å². The summed E-state index contributed by atoms with van der Waals surface area (Å²) >= 11 is 3.32. The monoisotopic (exact) mass is 331 g/mol. The van der Waals surface area contributed by atoms with E-state index in [1.807, 2.05) is 12.1 Å². The summed E-state index contributed by atoms with van der Waals surface area (Å²) in [5.41, 5.74) is -0.991. The van der Waals surface area contributed by atoms with Gasteiger partial charge < -0.3 is 20.3 Å². The van der Waals surface area contributed by atoms with Crippen molar-refractivity contribution >= 4 is 21.8 Å². The van der Waals surface area contributed by atoms with Crippen LogP contribution in [0.15, 0.2) is 28.7 Å². The van der Waals surface area contributed by atoms with Gasteiger partial charge in [-0.05, 0) is 31.2 Å². The van der Waals surface area contributed by atoms with Gasteiger partial charge >= 0.3 is 0 Å². The van der Waals surface area contributed by atoms with E-state index in [0.29, 0.717) is 5.75 Å². The number of carbonyl (C=O) groups excluding carboxylic acids is 1. The topological polar surface area (TPSA) is 78.8 Å². The van der Waals surface area contributed by atoms with Gasteiger partial charge in [-0.25, -0.2) is 0 Å². The number of halogens is 1. The molecule has 0 aromatic heterocycles. The summed E-state index contributed by atoms with van der Waals surface area (Å²) < 4.78 is 6.36. The molecule has 1 aromatic rings. The second-order valence-electron chi connectivity index (χ2n) is 4.48. The van der Waals surface area contributed by atoms with E-state index in [2.05, 4.69) is 21.2 Å². The van der Waals surface area contributed by atoms with Crippen LogP contribution in [0.4, 0.5) is 0 Å². The number of ether oxygens (including phenoxy) is 1. The first-order chi connectivity index (χ1) is 8.99. The average Bonchev–Trinajstić information content (AvgIpc) is 2.41. The van der Waals surface area contributed by atoms with Crippen molar-refractivity contribution in [3.63, 3.8) is 0 Å². The molecule has 0 bridgehead atoms. The van der Waals surface area contributed by atoms with Gasteiger partial charge in [-0.2, -0.15) is 0 Å². The van der Waals surface area contributed by atoms with Crippen LogP contribution in [0, 0.1) is 0 Å². The van der Waals surface area contributed by atoms with Crippen LogP contribution in [-0.4, -0.2) is 41.5 Å². The quantitative estimate of drug-likeness (QED) is 0.698. The molecule has 0 heterocycles. The molecule has 5 nitrogen and oxygen atoms in total. The van der Waals surface area contributed by atoms with Crippen molar-refractivity contribution in [2.75, 3.05) is 19.8 Å². The second kappa shape index (κ2) is 7.47. The molecule has 0 fully saturated rings. The fraction of sp³-hybridized carbons (Fsp3) is 0.462. The minimum Gasteiger partial charge on any atom is -0.493 e. The van der Waals surface area contributed by atoms with Crippen molar-refractivity contribution in [1.82, 2.24) is 5.32 Å². The van der Waals surface area contributed by atoms with Gasteiger partial charge in [0.05, 0.1) is 31.8 Å². The van der Waals surface area contributed by atoms with Crippen LogP contribution in [0.3, 0.4) is 0 Å². The summed E-state index contributed by atoms with van der Waals surface area (Å²) in [6.07, 6.45) is 0.158. The fourth-order valence-electron chi connectivity index (χ4n) is 1.32. The van der Waals surface area contributed by atoms with Gasteiger partial charge in [0.2, 0.25) is 5.91 Å². The molecule has 0 atom stereocenters. The summed E-state index contributed by atoms with van der Waals surface area (Å²) in [6, 6.07) is 7.30. The lowest BCUT2D eigenvalue weighted by molar-refractivity contribution is -0.124. The zero-order valence-electron chi connectivity index (χ0n) is 10.7. The van der Waals surface area contributed by atoms with Crippen LogP contribution >= 0.6 is 15.9 Å². The Kier molecular flexibility index (Phi) is 6.27. The molecule has 0 aliphatic carbocycles. The third-order valence-corrected chi connectivity index (χ3v) is 3.08. The Balaban J connectivity index is 2.33. The first kappa shape index (κ1) is 15.9. The van der Waals surface area contributed by atoms with E-state index in [4.69, 9.17) is 14.9 Å². The molecule has 0 aliphatic rings. The molecule has 0 aliphatic heterocycles. The number of carbonyl (C=O) groups is 1. The Morgan fingerprint density at radius 1 is 1.32 bits per heavy atom. The van der Waals surface area contributed by atoms with E-state index in [1.54, 1.807) is 19.1 Å². The zero-order valence-corrected chi connectivity index (χ0v) is 12.3. The van der Waals surface area contributed by atoms with Gasteiger partial charge in [0, 0.05) is 4.47 Å². The van der Waals surface area contributed by atoms with Gasteiger partial charge in [-0.3, -0.25) is 4.79 Å². The molecule has 0 radical (unpaired) electrons. The number of rotatable bonds is 7. The minimum atomic E-state index is -0.991. The van der Waals surface area contributed by atoms with Crippen molar-refractivity contribution < 1.29 is 19.7 Å². The number of hydrogen-bond donors (Lipinski definition) is 3.